The molecule has 0 aromatic carbocycles. The maximum absolute atomic E-state index is 12.8. The molecule has 1 aliphatic heterocycles. The van der Waals surface area contributed by atoms with E-state index >= 15 is 0 Å². The van der Waals surface area contributed by atoms with Crippen LogP contribution in [0.25, 0.3) is 0 Å². The fraction of sp³-hybridized carbons (Fsp3) is 0.714. The van der Waals surface area contributed by atoms with Gasteiger partial charge in [-0.2, -0.15) is 0 Å². The maximum atomic E-state index is 12.8. The molecule has 0 radical (unpaired) electrons. The summed E-state index contributed by atoms with van der Waals surface area (Å²) in [6.45, 7) is 9.29. The Bertz CT molecular complexity index is 789. The molecular formula is C14H25N3O4S3. The molecule has 1 unspecified atom stereocenters. The van der Waals surface area contributed by atoms with E-state index in [1.54, 1.807) is 0 Å². The highest BCUT2D eigenvalue weighted by atomic mass is 32.3. The summed E-state index contributed by atoms with van der Waals surface area (Å²) in [5.41, 5.74) is 0.338. The summed E-state index contributed by atoms with van der Waals surface area (Å²) in [7, 11) is -7.47. The van der Waals surface area contributed by atoms with E-state index in [0.29, 0.717) is 30.7 Å². The number of nitrogens with zero attached hydrogens (tertiary/aromatic N) is 1. The van der Waals surface area contributed by atoms with Gasteiger partial charge in [-0.05, 0) is 46.7 Å². The lowest BCUT2D eigenvalue weighted by molar-refractivity contribution is 0.172. The van der Waals surface area contributed by atoms with Crippen LogP contribution in [0.3, 0.4) is 0 Å². The number of hydrogen-bond acceptors (Lipinski definition) is 7. The highest BCUT2D eigenvalue weighted by Gasteiger charge is 2.37. The van der Waals surface area contributed by atoms with Gasteiger partial charge in [0.2, 0.25) is 10.0 Å². The standard InChI is InChI=1S/C14H25N3O4S3/c1-9(2)17(10(3)4)6-5-11-8-16-12-7-13(24(15,20)21)22-14(12)23(11,18)19/h7,9-11,16H,5-6,8H2,1-4H3,(H2,15,20,21). The van der Waals surface area contributed by atoms with E-state index in [2.05, 4.69) is 37.9 Å². The van der Waals surface area contributed by atoms with Gasteiger partial charge in [0.25, 0.3) is 0 Å². The van der Waals surface area contributed by atoms with Gasteiger partial charge in [0.1, 0.15) is 8.42 Å². The SMILES string of the molecule is CC(C)N(CCC1CNc2cc(S(N)(=O)=O)sc2S1(=O)=O)C(C)C. The van der Waals surface area contributed by atoms with Crippen LogP contribution in [0.5, 0.6) is 0 Å². The van der Waals surface area contributed by atoms with Gasteiger partial charge >= 0.3 is 0 Å². The Morgan fingerprint density at radius 2 is 1.92 bits per heavy atom. The molecule has 1 aromatic rings. The summed E-state index contributed by atoms with van der Waals surface area (Å²) < 4.78 is 48.5. The molecule has 1 aromatic heterocycles. The van der Waals surface area contributed by atoms with Crippen LogP contribution in [-0.4, -0.2) is 52.2 Å². The van der Waals surface area contributed by atoms with Crippen molar-refractivity contribution in [2.24, 2.45) is 5.14 Å². The molecule has 10 heteroatoms. The summed E-state index contributed by atoms with van der Waals surface area (Å²) in [5, 5.41) is 7.57. The van der Waals surface area contributed by atoms with E-state index < -0.39 is 25.1 Å². The van der Waals surface area contributed by atoms with Crippen molar-refractivity contribution >= 4 is 36.9 Å². The van der Waals surface area contributed by atoms with Crippen LogP contribution in [0.15, 0.2) is 14.5 Å². The van der Waals surface area contributed by atoms with E-state index in [9.17, 15) is 16.8 Å². The summed E-state index contributed by atoms with van der Waals surface area (Å²) in [6.07, 6.45) is 0.494. The Labute approximate surface area is 148 Å². The van der Waals surface area contributed by atoms with Crippen LogP contribution in [0.1, 0.15) is 34.1 Å². The number of nitrogens with one attached hydrogen (secondary N) is 1. The lowest BCUT2D eigenvalue weighted by Crippen LogP contribution is -2.42. The zero-order chi connectivity index (χ0) is 18.3. The van der Waals surface area contributed by atoms with Crippen LogP contribution in [0.4, 0.5) is 5.69 Å². The second kappa shape index (κ2) is 6.91. The molecule has 7 nitrogen and oxygen atoms in total. The Morgan fingerprint density at radius 1 is 1.33 bits per heavy atom. The molecule has 0 fully saturated rings. The Morgan fingerprint density at radius 3 is 2.42 bits per heavy atom. The molecule has 0 saturated heterocycles. The normalized spacial score (nSPS) is 20.4. The molecular weight excluding hydrogens is 370 g/mol. The van der Waals surface area contributed by atoms with Crippen molar-refractivity contribution in [1.82, 2.24) is 4.90 Å². The molecule has 138 valence electrons. The Hall–Kier alpha value is -0.680. The smallest absolute Gasteiger partial charge is 0.247 e. The predicted molar refractivity (Wildman–Crippen MR) is 96.8 cm³/mol. The largest absolute Gasteiger partial charge is 0.382 e. The van der Waals surface area contributed by atoms with Gasteiger partial charge in [-0.15, -0.1) is 11.3 Å². The second-order valence-electron chi connectivity index (χ2n) is 6.57. The number of sulfone groups is 1. The molecule has 24 heavy (non-hydrogen) atoms. The molecule has 0 amide bonds. The van der Waals surface area contributed by atoms with Crippen LogP contribution in [0.2, 0.25) is 0 Å². The maximum Gasteiger partial charge on any atom is 0.247 e. The number of rotatable bonds is 6. The van der Waals surface area contributed by atoms with Gasteiger partial charge in [0.15, 0.2) is 9.84 Å². The van der Waals surface area contributed by atoms with Gasteiger partial charge in [0.05, 0.1) is 10.9 Å². The molecule has 1 aliphatic rings. The number of fused-ring (bicyclic) bond motifs is 1. The fourth-order valence-corrected chi connectivity index (χ4v) is 7.33. The minimum Gasteiger partial charge on any atom is -0.382 e. The number of thiophene rings is 1. The predicted octanol–water partition coefficient (Wildman–Crippen LogP) is 1.47. The third-order valence-corrected chi connectivity index (χ3v) is 9.52. The van der Waals surface area contributed by atoms with Crippen molar-refractivity contribution in [2.75, 3.05) is 18.4 Å². The van der Waals surface area contributed by atoms with Crippen LogP contribution in [0, 0.1) is 0 Å². The third-order valence-electron chi connectivity index (χ3n) is 4.21. The molecule has 0 spiro atoms. The topological polar surface area (TPSA) is 110 Å². The van der Waals surface area contributed by atoms with Crippen molar-refractivity contribution in [1.29, 1.82) is 0 Å². The first-order valence-electron chi connectivity index (χ1n) is 7.84. The molecule has 1 atom stereocenters. The fourth-order valence-electron chi connectivity index (χ4n) is 2.98. The van der Waals surface area contributed by atoms with Crippen LogP contribution in [-0.2, 0) is 19.9 Å². The van der Waals surface area contributed by atoms with Crippen LogP contribution >= 0.6 is 11.3 Å². The van der Waals surface area contributed by atoms with Gasteiger partial charge in [-0.25, -0.2) is 22.0 Å². The quantitative estimate of drug-likeness (QED) is 0.755. The van der Waals surface area contributed by atoms with Crippen molar-refractivity contribution in [3.8, 4) is 0 Å². The van der Waals surface area contributed by atoms with E-state index in [1.165, 1.54) is 6.07 Å². The Balaban J connectivity index is 2.23. The molecule has 2 heterocycles. The second-order valence-corrected chi connectivity index (χ2v) is 11.8. The van der Waals surface area contributed by atoms with Gasteiger partial charge in [0, 0.05) is 18.6 Å². The monoisotopic (exact) mass is 395 g/mol. The number of primary sulfonamides is 1. The highest BCUT2D eigenvalue weighted by Crippen LogP contribution is 2.39. The minimum absolute atomic E-state index is 0.0726. The summed E-state index contributed by atoms with van der Waals surface area (Å²) in [6, 6.07) is 1.96. The first kappa shape index (κ1) is 19.6. The summed E-state index contributed by atoms with van der Waals surface area (Å²) in [4.78, 5) is 2.25. The number of sulfonamides is 1. The zero-order valence-corrected chi connectivity index (χ0v) is 16.8. The van der Waals surface area contributed by atoms with E-state index in [1.807, 2.05) is 0 Å². The van der Waals surface area contributed by atoms with E-state index in [4.69, 9.17) is 5.14 Å². The van der Waals surface area contributed by atoms with Crippen molar-refractivity contribution in [3.05, 3.63) is 6.07 Å². The van der Waals surface area contributed by atoms with Crippen molar-refractivity contribution < 1.29 is 16.8 Å². The number of anilines is 1. The lowest BCUT2D eigenvalue weighted by Gasteiger charge is -2.32. The third kappa shape index (κ3) is 3.93. The number of hydrogen-bond donors (Lipinski definition) is 2. The minimum atomic E-state index is -3.91. The average molecular weight is 396 g/mol. The molecule has 0 saturated carbocycles. The van der Waals surface area contributed by atoms with E-state index in [0.717, 1.165) is 11.3 Å². The average Bonchev–Trinajstić information content (AvgIpc) is 2.86. The van der Waals surface area contributed by atoms with Gasteiger partial charge in [-0.1, -0.05) is 0 Å². The summed E-state index contributed by atoms with van der Waals surface area (Å²) >= 11 is 0.723. The number of nitrogens with two attached hydrogens (primary N) is 1. The molecule has 0 aliphatic carbocycles. The molecule has 3 N–H and O–H groups in total. The van der Waals surface area contributed by atoms with Crippen molar-refractivity contribution in [2.45, 2.75) is 59.9 Å². The summed E-state index contributed by atoms with van der Waals surface area (Å²) in [5.74, 6) is 0. The van der Waals surface area contributed by atoms with Gasteiger partial charge < -0.3 is 5.32 Å². The molecule has 2 rings (SSSR count). The van der Waals surface area contributed by atoms with E-state index in [-0.39, 0.29) is 15.0 Å². The lowest BCUT2D eigenvalue weighted by atomic mass is 10.2. The highest BCUT2D eigenvalue weighted by molar-refractivity contribution is 7.95. The Kier molecular flexibility index (Phi) is 5.65. The van der Waals surface area contributed by atoms with Crippen molar-refractivity contribution in [3.63, 3.8) is 0 Å². The van der Waals surface area contributed by atoms with Crippen LogP contribution < -0.4 is 10.5 Å². The first-order chi connectivity index (χ1) is 10.9. The zero-order valence-electron chi connectivity index (χ0n) is 14.3. The molecule has 0 bridgehead atoms. The van der Waals surface area contributed by atoms with Gasteiger partial charge in [-0.3, -0.25) is 4.90 Å². The first-order valence-corrected chi connectivity index (χ1v) is 11.8.